The lowest BCUT2D eigenvalue weighted by Crippen LogP contribution is -2.33. The van der Waals surface area contributed by atoms with Gasteiger partial charge in [-0.1, -0.05) is 12.1 Å². The number of alkyl halides is 3. The largest absolute Gasteiger partial charge is 0.416 e. The Morgan fingerprint density at radius 3 is 2.29 bits per heavy atom. The highest BCUT2D eigenvalue weighted by Gasteiger charge is 2.30. The molecule has 0 saturated carbocycles. The minimum absolute atomic E-state index is 0.0379. The molecule has 0 aliphatic carbocycles. The lowest BCUT2D eigenvalue weighted by atomic mass is 10.1. The summed E-state index contributed by atoms with van der Waals surface area (Å²) >= 11 is 0. The van der Waals surface area contributed by atoms with Crippen LogP contribution in [0.4, 0.5) is 13.2 Å². The second-order valence-corrected chi connectivity index (χ2v) is 7.71. The van der Waals surface area contributed by atoms with Crippen molar-refractivity contribution in [3.63, 3.8) is 0 Å². The van der Waals surface area contributed by atoms with Crippen LogP contribution in [0.15, 0.2) is 42.6 Å². The summed E-state index contributed by atoms with van der Waals surface area (Å²) in [6.45, 7) is -0.331. The van der Waals surface area contributed by atoms with Crippen LogP contribution in [0.5, 0.6) is 0 Å². The van der Waals surface area contributed by atoms with Crippen molar-refractivity contribution in [1.29, 1.82) is 0 Å². The van der Waals surface area contributed by atoms with E-state index in [0.29, 0.717) is 5.69 Å². The van der Waals surface area contributed by atoms with Gasteiger partial charge >= 0.3 is 6.18 Å². The zero-order chi connectivity index (χ0) is 20.9. The van der Waals surface area contributed by atoms with E-state index >= 15 is 0 Å². The van der Waals surface area contributed by atoms with Gasteiger partial charge in [-0.05, 0) is 36.2 Å². The van der Waals surface area contributed by atoms with E-state index in [9.17, 15) is 31.5 Å². The van der Waals surface area contributed by atoms with E-state index in [-0.39, 0.29) is 24.2 Å². The summed E-state index contributed by atoms with van der Waals surface area (Å²) in [5.41, 5.74) is -0.495. The molecule has 2 aromatic rings. The summed E-state index contributed by atoms with van der Waals surface area (Å²) in [4.78, 5) is 15.7. The molecule has 0 bridgehead atoms. The van der Waals surface area contributed by atoms with Crippen LogP contribution in [0.3, 0.4) is 0 Å². The fourth-order valence-corrected chi connectivity index (χ4v) is 3.27. The fourth-order valence-electron chi connectivity index (χ4n) is 2.23. The zero-order valence-electron chi connectivity index (χ0n) is 14.3. The number of aliphatic hydroxyl groups excluding tert-OH is 2. The number of aromatic nitrogens is 1. The number of rotatable bonds is 7. The van der Waals surface area contributed by atoms with Crippen LogP contribution < -0.4 is 4.72 Å². The first-order valence-electron chi connectivity index (χ1n) is 7.97. The number of nitrogens with zero attached hydrogens (tertiary/aromatic N) is 1. The molecule has 0 aliphatic heterocycles. The molecule has 0 aliphatic rings. The molecule has 28 heavy (non-hydrogen) atoms. The minimum Gasteiger partial charge on any atom is -0.390 e. The van der Waals surface area contributed by atoms with Crippen LogP contribution in [-0.2, 0) is 22.8 Å². The Hall–Kier alpha value is -2.50. The highest BCUT2D eigenvalue weighted by Crippen LogP contribution is 2.30. The van der Waals surface area contributed by atoms with Crippen molar-refractivity contribution in [3.05, 3.63) is 65.0 Å². The second-order valence-electron chi connectivity index (χ2n) is 5.87. The van der Waals surface area contributed by atoms with Crippen LogP contribution >= 0.6 is 0 Å². The highest BCUT2D eigenvalue weighted by molar-refractivity contribution is 7.90. The van der Waals surface area contributed by atoms with Gasteiger partial charge in [-0.15, -0.1) is 0 Å². The molecule has 1 unspecified atom stereocenters. The molecule has 1 atom stereocenters. The van der Waals surface area contributed by atoms with Crippen molar-refractivity contribution in [1.82, 2.24) is 9.71 Å². The number of pyridine rings is 1. The summed E-state index contributed by atoms with van der Waals surface area (Å²) in [5.74, 6) is -1.55. The van der Waals surface area contributed by atoms with Crippen molar-refractivity contribution in [2.45, 2.75) is 25.3 Å². The van der Waals surface area contributed by atoms with E-state index in [2.05, 4.69) is 4.98 Å². The van der Waals surface area contributed by atoms with Gasteiger partial charge in [0.2, 0.25) is 10.0 Å². The summed E-state index contributed by atoms with van der Waals surface area (Å²) < 4.78 is 63.4. The lowest BCUT2D eigenvalue weighted by Gasteiger charge is -2.13. The Labute approximate surface area is 158 Å². The SMILES string of the molecule is O=C(NS(=O)(=O)CCC(O)c1ccc(C(F)(F)F)cc1)c1ccc(CO)nc1. The maximum absolute atomic E-state index is 12.5. The smallest absolute Gasteiger partial charge is 0.390 e. The minimum atomic E-state index is -4.51. The molecule has 1 heterocycles. The molecule has 0 radical (unpaired) electrons. The van der Waals surface area contributed by atoms with Gasteiger partial charge in [-0.3, -0.25) is 9.78 Å². The van der Waals surface area contributed by atoms with Gasteiger partial charge in [0.1, 0.15) is 0 Å². The molecule has 1 aromatic carbocycles. The van der Waals surface area contributed by atoms with Gasteiger partial charge < -0.3 is 10.2 Å². The number of hydrogen-bond acceptors (Lipinski definition) is 6. The first kappa shape index (κ1) is 21.8. The van der Waals surface area contributed by atoms with Crippen LogP contribution in [0.2, 0.25) is 0 Å². The number of carbonyl (C=O) groups excluding carboxylic acids is 1. The van der Waals surface area contributed by atoms with Crippen LogP contribution in [0.25, 0.3) is 0 Å². The number of benzene rings is 1. The fraction of sp³-hybridized carbons (Fsp3) is 0.294. The van der Waals surface area contributed by atoms with Gasteiger partial charge in [0.25, 0.3) is 5.91 Å². The first-order chi connectivity index (χ1) is 13.0. The molecule has 0 saturated heterocycles. The summed E-state index contributed by atoms with van der Waals surface area (Å²) in [6, 6.07) is 6.35. The molecule has 1 aromatic heterocycles. The van der Waals surface area contributed by atoms with Crippen LogP contribution in [-0.4, -0.2) is 35.3 Å². The molecule has 7 nitrogen and oxygen atoms in total. The number of halogens is 3. The standard InChI is InChI=1S/C17H17F3N2O5S/c18-17(19,20)13-4-1-11(2-5-13)15(24)7-8-28(26,27)22-16(25)12-3-6-14(10-23)21-9-12/h1-6,9,15,23-24H,7-8,10H2,(H,22,25). The van der Waals surface area contributed by atoms with Crippen LogP contribution in [0, 0.1) is 0 Å². The van der Waals surface area contributed by atoms with E-state index in [4.69, 9.17) is 5.11 Å². The predicted molar refractivity (Wildman–Crippen MR) is 92.4 cm³/mol. The topological polar surface area (TPSA) is 117 Å². The Kier molecular flexibility index (Phi) is 6.75. The van der Waals surface area contributed by atoms with Crippen molar-refractivity contribution in [3.8, 4) is 0 Å². The monoisotopic (exact) mass is 418 g/mol. The Morgan fingerprint density at radius 2 is 1.79 bits per heavy atom. The van der Waals surface area contributed by atoms with E-state index < -0.39 is 39.5 Å². The number of sulfonamides is 1. The Morgan fingerprint density at radius 1 is 1.14 bits per heavy atom. The van der Waals surface area contributed by atoms with Gasteiger partial charge in [0.05, 0.1) is 35.3 Å². The quantitative estimate of drug-likeness (QED) is 0.631. The van der Waals surface area contributed by atoms with E-state index in [0.717, 1.165) is 30.5 Å². The van der Waals surface area contributed by atoms with E-state index in [1.165, 1.54) is 12.1 Å². The molecule has 11 heteroatoms. The van der Waals surface area contributed by atoms with Crippen molar-refractivity contribution in [2.24, 2.45) is 0 Å². The molecular weight excluding hydrogens is 401 g/mol. The summed E-state index contributed by atoms with van der Waals surface area (Å²) in [5, 5.41) is 18.9. The average molecular weight is 418 g/mol. The normalized spacial score (nSPS) is 13.2. The molecule has 1 amide bonds. The molecule has 0 spiro atoms. The van der Waals surface area contributed by atoms with Gasteiger partial charge in [-0.25, -0.2) is 13.1 Å². The first-order valence-corrected chi connectivity index (χ1v) is 9.63. The zero-order valence-corrected chi connectivity index (χ0v) is 15.2. The number of amides is 1. The van der Waals surface area contributed by atoms with Crippen LogP contribution in [0.1, 0.15) is 39.7 Å². The number of aliphatic hydroxyl groups is 2. The summed E-state index contributed by atoms with van der Waals surface area (Å²) in [6.07, 6.45) is -5.05. The number of carbonyl (C=O) groups is 1. The highest BCUT2D eigenvalue weighted by atomic mass is 32.2. The molecule has 0 fully saturated rings. The second kappa shape index (κ2) is 8.67. The third kappa shape index (κ3) is 6.01. The molecular formula is C17H17F3N2O5S. The maximum Gasteiger partial charge on any atom is 0.416 e. The number of nitrogens with one attached hydrogen (secondary N) is 1. The van der Waals surface area contributed by atoms with Gasteiger partial charge in [-0.2, -0.15) is 13.2 Å². The third-order valence-corrected chi connectivity index (χ3v) is 5.05. The maximum atomic E-state index is 12.5. The lowest BCUT2D eigenvalue weighted by molar-refractivity contribution is -0.137. The summed E-state index contributed by atoms with van der Waals surface area (Å²) in [7, 11) is -4.10. The van der Waals surface area contributed by atoms with Gasteiger partial charge in [0, 0.05) is 6.20 Å². The number of hydrogen-bond donors (Lipinski definition) is 3. The molecule has 3 N–H and O–H groups in total. The third-order valence-electron chi connectivity index (χ3n) is 3.78. The van der Waals surface area contributed by atoms with E-state index in [1.54, 1.807) is 0 Å². The Bertz CT molecular complexity index is 913. The van der Waals surface area contributed by atoms with Gasteiger partial charge in [0.15, 0.2) is 0 Å². The predicted octanol–water partition coefficient (Wildman–Crippen LogP) is 1.78. The molecule has 2 rings (SSSR count). The average Bonchev–Trinajstić information content (AvgIpc) is 2.65. The van der Waals surface area contributed by atoms with E-state index in [1.807, 2.05) is 4.72 Å². The van der Waals surface area contributed by atoms with Crippen molar-refractivity contribution >= 4 is 15.9 Å². The van der Waals surface area contributed by atoms with Crippen molar-refractivity contribution < 1.29 is 36.6 Å². The Balaban J connectivity index is 1.95. The molecule has 152 valence electrons. The van der Waals surface area contributed by atoms with Crippen molar-refractivity contribution in [2.75, 3.05) is 5.75 Å².